The normalized spacial score (nSPS) is 15.2. The predicted octanol–water partition coefficient (Wildman–Crippen LogP) is 4.16. The summed E-state index contributed by atoms with van der Waals surface area (Å²) in [5.41, 5.74) is 1.08. The highest BCUT2D eigenvalue weighted by Gasteiger charge is 2.36. The van der Waals surface area contributed by atoms with Crippen LogP contribution in [0.15, 0.2) is 51.9 Å². The zero-order valence-corrected chi connectivity index (χ0v) is 21.2. The number of para-hydroxylation sites is 1. The second-order valence-corrected chi connectivity index (χ2v) is 10.5. The molecule has 0 atom stereocenters. The first-order chi connectivity index (χ1) is 17.7. The van der Waals surface area contributed by atoms with Crippen LogP contribution in [0.4, 0.5) is 8.78 Å². The minimum absolute atomic E-state index is 0.0575. The molecule has 3 aromatic rings. The molecule has 1 aromatic heterocycles. The van der Waals surface area contributed by atoms with Gasteiger partial charge in [-0.05, 0) is 50.1 Å². The summed E-state index contributed by atoms with van der Waals surface area (Å²) in [7, 11) is -2.42. The van der Waals surface area contributed by atoms with E-state index in [0.717, 1.165) is 17.7 Å². The quantitative estimate of drug-likeness (QED) is 0.469. The number of piperidine rings is 1. The van der Waals surface area contributed by atoms with E-state index in [4.69, 9.17) is 9.26 Å². The van der Waals surface area contributed by atoms with E-state index in [1.807, 2.05) is 24.3 Å². The second-order valence-electron chi connectivity index (χ2n) is 8.67. The van der Waals surface area contributed by atoms with Gasteiger partial charge in [-0.2, -0.15) is 4.31 Å². The van der Waals surface area contributed by atoms with Gasteiger partial charge in [0, 0.05) is 42.7 Å². The number of methoxy groups -OCH3 is 1. The van der Waals surface area contributed by atoms with Gasteiger partial charge in [-0.1, -0.05) is 23.4 Å². The van der Waals surface area contributed by atoms with Crippen molar-refractivity contribution in [2.24, 2.45) is 5.92 Å². The van der Waals surface area contributed by atoms with E-state index in [1.165, 1.54) is 29.4 Å². The third-order valence-corrected chi connectivity index (χ3v) is 8.34. The lowest BCUT2D eigenvalue weighted by atomic mass is 9.97. The Labute approximate surface area is 214 Å². The van der Waals surface area contributed by atoms with Gasteiger partial charge in [0.1, 0.15) is 23.1 Å². The molecule has 0 unspecified atom stereocenters. The van der Waals surface area contributed by atoms with Crippen molar-refractivity contribution >= 4 is 28.1 Å². The van der Waals surface area contributed by atoms with Gasteiger partial charge in [-0.3, -0.25) is 4.79 Å². The Kier molecular flexibility index (Phi) is 8.03. The summed E-state index contributed by atoms with van der Waals surface area (Å²) in [6.45, 7) is 2.11. The molecule has 0 bridgehead atoms. The number of aryl methyl sites for hydroxylation is 1. The Bertz CT molecular complexity index is 1410. The van der Waals surface area contributed by atoms with Gasteiger partial charge >= 0.3 is 0 Å². The number of aromatic nitrogens is 1. The van der Waals surface area contributed by atoms with Crippen molar-refractivity contribution in [3.8, 4) is 5.75 Å². The van der Waals surface area contributed by atoms with Crippen LogP contribution in [0.3, 0.4) is 0 Å². The van der Waals surface area contributed by atoms with Crippen LogP contribution in [0.5, 0.6) is 5.75 Å². The van der Waals surface area contributed by atoms with E-state index in [2.05, 4.69) is 10.5 Å². The highest BCUT2D eigenvalue weighted by molar-refractivity contribution is 7.89. The average molecular weight is 532 g/mol. The number of nitrogens with one attached hydrogen (secondary N) is 1. The maximum atomic E-state index is 14.0. The second kappa shape index (κ2) is 11.2. The van der Waals surface area contributed by atoms with Crippen molar-refractivity contribution in [1.82, 2.24) is 14.8 Å². The molecule has 1 aliphatic rings. The fraction of sp³-hybridized carbons (Fsp3) is 0.308. The Morgan fingerprint density at radius 3 is 2.62 bits per heavy atom. The number of amides is 1. The number of hydrogen-bond donors (Lipinski definition) is 1. The Hall–Kier alpha value is -3.57. The molecular formula is C26H27F2N3O5S. The lowest BCUT2D eigenvalue weighted by molar-refractivity contribution is -0.126. The Morgan fingerprint density at radius 1 is 1.19 bits per heavy atom. The minimum Gasteiger partial charge on any atom is -0.496 e. The minimum atomic E-state index is -3.99. The zero-order valence-electron chi connectivity index (χ0n) is 20.4. The molecule has 196 valence electrons. The molecule has 2 heterocycles. The molecular weight excluding hydrogens is 504 g/mol. The number of carbonyl (C=O) groups excluding carboxylic acids is 1. The first kappa shape index (κ1) is 26.5. The SMILES string of the molecule is COc1ccccc1CNC(=O)C1CCN(S(=O)(=O)c2c(C)noc2/C=C/c2ccc(F)cc2F)CC1. The van der Waals surface area contributed by atoms with Crippen molar-refractivity contribution in [3.63, 3.8) is 0 Å². The van der Waals surface area contributed by atoms with Gasteiger partial charge in [0.15, 0.2) is 10.7 Å². The predicted molar refractivity (Wildman–Crippen MR) is 133 cm³/mol. The first-order valence-electron chi connectivity index (χ1n) is 11.7. The van der Waals surface area contributed by atoms with E-state index in [0.29, 0.717) is 25.1 Å². The molecule has 11 heteroatoms. The Morgan fingerprint density at radius 2 is 1.92 bits per heavy atom. The van der Waals surface area contributed by atoms with Gasteiger partial charge in [0.05, 0.1) is 7.11 Å². The molecule has 8 nitrogen and oxygen atoms in total. The zero-order chi connectivity index (χ0) is 26.6. The van der Waals surface area contributed by atoms with E-state index < -0.39 is 21.7 Å². The summed E-state index contributed by atoms with van der Waals surface area (Å²) in [6.07, 6.45) is 3.30. The fourth-order valence-corrected chi connectivity index (χ4v) is 5.98. The van der Waals surface area contributed by atoms with Crippen LogP contribution in [-0.4, -0.2) is 44.0 Å². The van der Waals surface area contributed by atoms with Gasteiger partial charge in [-0.25, -0.2) is 17.2 Å². The van der Waals surface area contributed by atoms with Crippen LogP contribution in [0.25, 0.3) is 12.2 Å². The maximum absolute atomic E-state index is 14.0. The molecule has 1 saturated heterocycles. The van der Waals surface area contributed by atoms with E-state index >= 15 is 0 Å². The van der Waals surface area contributed by atoms with Crippen LogP contribution in [-0.2, 0) is 21.4 Å². The number of sulfonamides is 1. The standard InChI is InChI=1S/C26H27F2N3O5S/c1-17-25(24(36-30-17)10-8-18-7-9-21(27)15-22(18)28)37(33,34)31-13-11-19(12-14-31)26(32)29-16-20-5-3-4-6-23(20)35-2/h3-10,15,19H,11-14,16H2,1-2H3,(H,29,32)/b10-8+. The van der Waals surface area contributed by atoms with Crippen molar-refractivity contribution in [2.75, 3.05) is 20.2 Å². The van der Waals surface area contributed by atoms with Crippen LogP contribution in [0, 0.1) is 24.5 Å². The van der Waals surface area contributed by atoms with Crippen molar-refractivity contribution in [1.29, 1.82) is 0 Å². The topological polar surface area (TPSA) is 102 Å². The smallest absolute Gasteiger partial charge is 0.248 e. The summed E-state index contributed by atoms with van der Waals surface area (Å²) in [6, 6.07) is 10.5. The largest absolute Gasteiger partial charge is 0.496 e. The molecule has 2 aromatic carbocycles. The summed E-state index contributed by atoms with van der Waals surface area (Å²) in [5.74, 6) is -1.36. The summed E-state index contributed by atoms with van der Waals surface area (Å²) < 4.78 is 65.8. The summed E-state index contributed by atoms with van der Waals surface area (Å²) in [5, 5.41) is 6.68. The number of benzene rings is 2. The number of halogens is 2. The van der Waals surface area contributed by atoms with E-state index in [1.54, 1.807) is 7.11 Å². The molecule has 37 heavy (non-hydrogen) atoms. The summed E-state index contributed by atoms with van der Waals surface area (Å²) in [4.78, 5) is 12.6. The van der Waals surface area contributed by atoms with Crippen LogP contribution in [0.1, 0.15) is 35.4 Å². The molecule has 1 N–H and O–H groups in total. The molecule has 1 amide bonds. The highest BCUT2D eigenvalue weighted by atomic mass is 32.2. The average Bonchev–Trinajstić information content (AvgIpc) is 3.28. The first-order valence-corrected chi connectivity index (χ1v) is 13.1. The van der Waals surface area contributed by atoms with Gasteiger partial charge < -0.3 is 14.6 Å². The molecule has 0 saturated carbocycles. The molecule has 0 aliphatic carbocycles. The fourth-order valence-electron chi connectivity index (χ4n) is 4.26. The van der Waals surface area contributed by atoms with Crippen molar-refractivity contribution < 1.29 is 31.3 Å². The molecule has 0 radical (unpaired) electrons. The van der Waals surface area contributed by atoms with Crippen LogP contribution in [0.2, 0.25) is 0 Å². The summed E-state index contributed by atoms with van der Waals surface area (Å²) >= 11 is 0. The third kappa shape index (κ3) is 5.89. The van der Waals surface area contributed by atoms with E-state index in [9.17, 15) is 22.0 Å². The monoisotopic (exact) mass is 531 g/mol. The van der Waals surface area contributed by atoms with Gasteiger partial charge in [-0.15, -0.1) is 0 Å². The lowest BCUT2D eigenvalue weighted by Crippen LogP contribution is -2.43. The maximum Gasteiger partial charge on any atom is 0.248 e. The Balaban J connectivity index is 1.42. The van der Waals surface area contributed by atoms with Gasteiger partial charge in [0.25, 0.3) is 0 Å². The number of carbonyl (C=O) groups is 1. The number of nitrogens with zero attached hydrogens (tertiary/aromatic N) is 2. The number of hydrogen-bond acceptors (Lipinski definition) is 6. The number of rotatable bonds is 8. The molecule has 1 aliphatic heterocycles. The lowest BCUT2D eigenvalue weighted by Gasteiger charge is -2.30. The van der Waals surface area contributed by atoms with Crippen molar-refractivity contribution in [2.45, 2.75) is 31.2 Å². The molecule has 4 rings (SSSR count). The molecule has 1 fully saturated rings. The number of ether oxygens (including phenoxy) is 1. The van der Waals surface area contributed by atoms with Gasteiger partial charge in [0.2, 0.25) is 15.9 Å². The highest BCUT2D eigenvalue weighted by Crippen LogP contribution is 2.29. The van der Waals surface area contributed by atoms with Crippen LogP contribution >= 0.6 is 0 Å². The third-order valence-electron chi connectivity index (χ3n) is 6.28. The van der Waals surface area contributed by atoms with Crippen molar-refractivity contribution in [3.05, 3.63) is 76.7 Å². The molecule has 0 spiro atoms. The van der Waals surface area contributed by atoms with Crippen LogP contribution < -0.4 is 10.1 Å². The van der Waals surface area contributed by atoms with E-state index in [-0.39, 0.29) is 46.8 Å².